The van der Waals surface area contributed by atoms with E-state index >= 15 is 0 Å². The molecule has 1 N–H and O–H groups in total. The number of aromatic nitrogens is 6. The summed E-state index contributed by atoms with van der Waals surface area (Å²) < 4.78 is 11.9. The lowest BCUT2D eigenvalue weighted by molar-refractivity contribution is -0.0339. The van der Waals surface area contributed by atoms with Crippen molar-refractivity contribution in [3.63, 3.8) is 0 Å². The summed E-state index contributed by atoms with van der Waals surface area (Å²) in [6, 6.07) is 4.92. The summed E-state index contributed by atoms with van der Waals surface area (Å²) in [4.78, 5) is 23.0. The van der Waals surface area contributed by atoms with Gasteiger partial charge < -0.3 is 14.4 Å². The Labute approximate surface area is 203 Å². The van der Waals surface area contributed by atoms with Crippen LogP contribution in [0.1, 0.15) is 63.0 Å². The van der Waals surface area contributed by atoms with Gasteiger partial charge in [-0.05, 0) is 51.7 Å². The zero-order valence-corrected chi connectivity index (χ0v) is 19.8. The molecule has 0 aromatic carbocycles. The smallest absolute Gasteiger partial charge is 0.365 e. The summed E-state index contributed by atoms with van der Waals surface area (Å²) in [5.74, 6) is 0.856. The average molecular weight is 474 g/mol. The molecule has 0 saturated carbocycles. The van der Waals surface area contributed by atoms with Crippen LogP contribution in [0.5, 0.6) is 6.01 Å². The third-order valence-electron chi connectivity index (χ3n) is 6.61. The lowest BCUT2D eigenvalue weighted by Crippen LogP contribution is -2.35. The quantitative estimate of drug-likeness (QED) is 0.536. The molecule has 3 aromatic rings. The first kappa shape index (κ1) is 22.9. The van der Waals surface area contributed by atoms with Crippen molar-refractivity contribution in [3.05, 3.63) is 41.3 Å². The van der Waals surface area contributed by atoms with Crippen molar-refractivity contribution >= 4 is 17.0 Å². The van der Waals surface area contributed by atoms with Crippen LogP contribution in [0.2, 0.25) is 0 Å². The largest absolute Gasteiger partial charge is 0.461 e. The predicted molar refractivity (Wildman–Crippen MR) is 127 cm³/mol. The van der Waals surface area contributed by atoms with Crippen LogP contribution in [-0.4, -0.2) is 61.5 Å². The van der Waals surface area contributed by atoms with Crippen molar-refractivity contribution < 1.29 is 9.47 Å². The number of fused-ring (bicyclic) bond motifs is 1. The van der Waals surface area contributed by atoms with Crippen LogP contribution in [0.25, 0.3) is 15.9 Å². The fourth-order valence-electron chi connectivity index (χ4n) is 4.75. The summed E-state index contributed by atoms with van der Waals surface area (Å²) in [6.45, 7) is 13.2. The number of H-pyrrole nitrogens is 1. The highest BCUT2D eigenvalue weighted by molar-refractivity contribution is 5.77. The van der Waals surface area contributed by atoms with E-state index in [9.17, 15) is 5.26 Å². The molecule has 3 aromatic heterocycles. The maximum Gasteiger partial charge on any atom is 0.365 e. The minimum atomic E-state index is -1.11. The van der Waals surface area contributed by atoms with Crippen LogP contribution in [-0.2, 0) is 4.74 Å². The number of hydrogen-bond donors (Lipinski definition) is 1. The van der Waals surface area contributed by atoms with Gasteiger partial charge in [-0.2, -0.15) is 25.3 Å². The van der Waals surface area contributed by atoms with Gasteiger partial charge in [0.25, 0.3) is 0 Å². The number of ether oxygens (including phenoxy) is 2. The minimum absolute atomic E-state index is 0.0456. The monoisotopic (exact) mass is 473 g/mol. The average Bonchev–Trinajstić information content (AvgIpc) is 3.46. The number of nitrogens with zero attached hydrogens (tertiary/aromatic N) is 8. The predicted octanol–water partition coefficient (Wildman–Crippen LogP) is 3.35. The first-order chi connectivity index (χ1) is 17.0. The molecule has 35 heavy (non-hydrogen) atoms. The number of anilines is 1. The second-order valence-electron chi connectivity index (χ2n) is 9.56. The zero-order chi connectivity index (χ0) is 24.4. The topological polar surface area (TPSA) is 130 Å². The standard InChI is InChI=1S/C24H27N9O2/c1-24(2)9-6-16(35-24)14-34-23-29-21(18(13-25)26-3)28-22(30-23)33-11-7-15(8-12-33)19-17-5-4-10-27-20(17)32-31-19/h4-5,10,15-16,18H,6-9,11-12,14H2,1-2H3,(H,27,31,32)/t16-,18?/m1/s1. The molecule has 0 spiro atoms. The summed E-state index contributed by atoms with van der Waals surface area (Å²) in [5, 5.41) is 17.9. The highest BCUT2D eigenvalue weighted by Crippen LogP contribution is 2.33. The van der Waals surface area contributed by atoms with Gasteiger partial charge in [0.1, 0.15) is 6.61 Å². The number of hydrogen-bond acceptors (Lipinski definition) is 9. The van der Waals surface area contributed by atoms with Crippen molar-refractivity contribution in [2.24, 2.45) is 0 Å². The maximum absolute atomic E-state index is 9.41. The highest BCUT2D eigenvalue weighted by Gasteiger charge is 2.33. The fraction of sp³-hybridized carbons (Fsp3) is 0.542. The van der Waals surface area contributed by atoms with Crippen molar-refractivity contribution in [2.75, 3.05) is 24.6 Å². The Morgan fingerprint density at radius 1 is 1.31 bits per heavy atom. The second kappa shape index (κ2) is 9.43. The molecule has 5 rings (SSSR count). The maximum atomic E-state index is 9.41. The van der Waals surface area contributed by atoms with Crippen molar-refractivity contribution in [3.8, 4) is 12.1 Å². The van der Waals surface area contributed by atoms with E-state index in [0.29, 0.717) is 31.6 Å². The van der Waals surface area contributed by atoms with Crippen molar-refractivity contribution in [1.82, 2.24) is 30.1 Å². The molecule has 11 heteroatoms. The van der Waals surface area contributed by atoms with Crippen LogP contribution in [0, 0.1) is 17.9 Å². The molecular formula is C24H27N9O2. The third-order valence-corrected chi connectivity index (χ3v) is 6.61. The summed E-state index contributed by atoms with van der Waals surface area (Å²) >= 11 is 0. The number of piperidine rings is 1. The first-order valence-corrected chi connectivity index (χ1v) is 11.8. The summed E-state index contributed by atoms with van der Waals surface area (Å²) in [6.07, 6.45) is 5.30. The Bertz CT molecular complexity index is 1270. The Balaban J connectivity index is 1.32. The van der Waals surface area contributed by atoms with Crippen molar-refractivity contribution in [2.45, 2.75) is 63.2 Å². The van der Waals surface area contributed by atoms with Gasteiger partial charge >= 0.3 is 12.1 Å². The Morgan fingerprint density at radius 3 is 2.86 bits per heavy atom. The third kappa shape index (κ3) is 4.86. The van der Waals surface area contributed by atoms with Crippen LogP contribution in [0.3, 0.4) is 0 Å². The lowest BCUT2D eigenvalue weighted by atomic mass is 9.92. The molecule has 0 radical (unpaired) electrons. The highest BCUT2D eigenvalue weighted by atomic mass is 16.6. The van der Waals surface area contributed by atoms with E-state index in [1.165, 1.54) is 0 Å². The van der Waals surface area contributed by atoms with Crippen LogP contribution in [0.4, 0.5) is 5.95 Å². The molecule has 2 saturated heterocycles. The van der Waals surface area contributed by atoms with Crippen LogP contribution >= 0.6 is 0 Å². The van der Waals surface area contributed by atoms with Gasteiger partial charge in [-0.15, -0.1) is 0 Å². The Morgan fingerprint density at radius 2 is 2.14 bits per heavy atom. The number of rotatable bonds is 6. The minimum Gasteiger partial charge on any atom is -0.461 e. The molecule has 2 atom stereocenters. The summed E-state index contributed by atoms with van der Waals surface area (Å²) in [7, 11) is 0. The van der Waals surface area contributed by atoms with Gasteiger partial charge in [0.15, 0.2) is 11.7 Å². The van der Waals surface area contributed by atoms with Gasteiger partial charge in [-0.3, -0.25) is 9.94 Å². The van der Waals surface area contributed by atoms with E-state index in [-0.39, 0.29) is 23.5 Å². The van der Waals surface area contributed by atoms with Gasteiger partial charge in [0.2, 0.25) is 11.8 Å². The molecule has 1 unspecified atom stereocenters. The number of nitrogens with one attached hydrogen (secondary N) is 1. The fourth-order valence-corrected chi connectivity index (χ4v) is 4.75. The molecule has 0 bridgehead atoms. The van der Waals surface area contributed by atoms with Crippen LogP contribution in [0.15, 0.2) is 18.3 Å². The molecule has 2 aliphatic heterocycles. The number of pyridine rings is 1. The second-order valence-corrected chi connectivity index (χ2v) is 9.56. The zero-order valence-electron chi connectivity index (χ0n) is 19.8. The molecule has 11 nitrogen and oxygen atoms in total. The van der Waals surface area contributed by atoms with Gasteiger partial charge in [0.05, 0.1) is 11.7 Å². The van der Waals surface area contributed by atoms with E-state index in [0.717, 1.165) is 42.4 Å². The molecule has 180 valence electrons. The Kier molecular flexibility index (Phi) is 6.18. The van der Waals surface area contributed by atoms with Crippen LogP contribution < -0.4 is 9.64 Å². The molecule has 2 fully saturated rings. The van der Waals surface area contributed by atoms with E-state index < -0.39 is 6.04 Å². The molecular weight excluding hydrogens is 446 g/mol. The summed E-state index contributed by atoms with van der Waals surface area (Å²) in [5.41, 5.74) is 1.66. The first-order valence-electron chi connectivity index (χ1n) is 11.8. The van der Waals surface area contributed by atoms with E-state index in [2.05, 4.69) is 53.7 Å². The van der Waals surface area contributed by atoms with E-state index in [1.807, 2.05) is 18.2 Å². The van der Waals surface area contributed by atoms with Gasteiger partial charge in [-0.25, -0.2) is 11.6 Å². The molecule has 0 amide bonds. The molecule has 2 aliphatic rings. The SMILES string of the molecule is [C-]#[N+]C(C#N)c1nc(OC[C@H]2CCC(C)(C)O2)nc(N2CCC(c3[nH]nc4ncccc34)CC2)n1. The molecule has 5 heterocycles. The van der Waals surface area contributed by atoms with E-state index in [1.54, 1.807) is 6.20 Å². The lowest BCUT2D eigenvalue weighted by Gasteiger charge is -2.31. The van der Waals surface area contributed by atoms with Gasteiger partial charge in [-0.1, -0.05) is 0 Å². The molecule has 0 aliphatic carbocycles. The number of nitriles is 1. The normalized spacial score (nSPS) is 20.9. The number of aromatic amines is 1. The Hall–Kier alpha value is -3.83. The van der Waals surface area contributed by atoms with E-state index in [4.69, 9.17) is 16.0 Å². The van der Waals surface area contributed by atoms with Crippen molar-refractivity contribution in [1.29, 1.82) is 5.26 Å². The van der Waals surface area contributed by atoms with Gasteiger partial charge in [0, 0.05) is 36.3 Å².